The van der Waals surface area contributed by atoms with E-state index in [1.165, 1.54) is 0 Å². The molecule has 6 nitrogen and oxygen atoms in total. The van der Waals surface area contributed by atoms with Crippen LogP contribution in [0, 0.1) is 0 Å². The predicted molar refractivity (Wildman–Crippen MR) is 90.9 cm³/mol. The summed E-state index contributed by atoms with van der Waals surface area (Å²) in [6, 6.07) is 9.66. The fourth-order valence-corrected chi connectivity index (χ4v) is 2.21. The average molecular weight is 316 g/mol. The van der Waals surface area contributed by atoms with Crippen LogP contribution in [-0.2, 0) is 6.42 Å². The Hall–Kier alpha value is -2.50. The van der Waals surface area contributed by atoms with E-state index in [2.05, 4.69) is 29.6 Å². The minimum atomic E-state index is -0.219. The number of urea groups is 1. The van der Waals surface area contributed by atoms with E-state index in [9.17, 15) is 4.79 Å². The van der Waals surface area contributed by atoms with Crippen LogP contribution < -0.4 is 15.4 Å². The van der Waals surface area contributed by atoms with E-state index < -0.39 is 0 Å². The van der Waals surface area contributed by atoms with Crippen LogP contribution in [0.5, 0.6) is 5.75 Å². The van der Waals surface area contributed by atoms with Gasteiger partial charge >= 0.3 is 6.03 Å². The Morgan fingerprint density at radius 2 is 2.04 bits per heavy atom. The molecule has 0 spiro atoms. The molecule has 0 aliphatic rings. The molecule has 0 aliphatic carbocycles. The summed E-state index contributed by atoms with van der Waals surface area (Å²) in [5.74, 6) is 1.54. The van der Waals surface area contributed by atoms with Gasteiger partial charge in [0.05, 0.1) is 19.3 Å². The molecule has 2 rings (SSSR count). The Morgan fingerprint density at radius 1 is 1.30 bits per heavy atom. The van der Waals surface area contributed by atoms with Crippen molar-refractivity contribution in [1.82, 2.24) is 15.1 Å². The number of carbonyl (C=O) groups is 1. The Bertz CT molecular complexity index is 622. The molecule has 124 valence electrons. The Kier molecular flexibility index (Phi) is 6.02. The van der Waals surface area contributed by atoms with Crippen LogP contribution in [0.2, 0.25) is 0 Å². The second-order valence-corrected chi connectivity index (χ2v) is 5.40. The van der Waals surface area contributed by atoms with E-state index in [0.717, 1.165) is 24.2 Å². The van der Waals surface area contributed by atoms with Gasteiger partial charge in [-0.2, -0.15) is 5.10 Å². The normalized spacial score (nSPS) is 11.8. The minimum absolute atomic E-state index is 0.219. The van der Waals surface area contributed by atoms with Gasteiger partial charge in [-0.05, 0) is 37.5 Å². The van der Waals surface area contributed by atoms with E-state index in [1.54, 1.807) is 19.4 Å². The van der Waals surface area contributed by atoms with Gasteiger partial charge < -0.3 is 10.1 Å². The first-order chi connectivity index (χ1) is 11.1. The number of benzene rings is 1. The van der Waals surface area contributed by atoms with Gasteiger partial charge in [0.25, 0.3) is 0 Å². The lowest BCUT2D eigenvalue weighted by atomic mass is 10.1. The van der Waals surface area contributed by atoms with E-state index in [-0.39, 0.29) is 12.1 Å². The number of hydrogen-bond donors (Lipinski definition) is 2. The van der Waals surface area contributed by atoms with Crippen molar-refractivity contribution in [2.75, 3.05) is 19.0 Å². The third-order valence-corrected chi connectivity index (χ3v) is 3.78. The summed E-state index contributed by atoms with van der Waals surface area (Å²) in [6.45, 7) is 4.72. The Balaban J connectivity index is 1.80. The number of ether oxygens (including phenoxy) is 1. The van der Waals surface area contributed by atoms with Crippen LogP contribution in [0.1, 0.15) is 31.9 Å². The second-order valence-electron chi connectivity index (χ2n) is 5.40. The summed E-state index contributed by atoms with van der Waals surface area (Å²) < 4.78 is 6.94. The van der Waals surface area contributed by atoms with Gasteiger partial charge in [-0.15, -0.1) is 0 Å². The lowest BCUT2D eigenvalue weighted by molar-refractivity contribution is 0.252. The highest BCUT2D eigenvalue weighted by Gasteiger charge is 2.10. The quantitative estimate of drug-likeness (QED) is 0.824. The zero-order valence-corrected chi connectivity index (χ0v) is 13.9. The van der Waals surface area contributed by atoms with Crippen molar-refractivity contribution in [3.05, 3.63) is 42.1 Å². The van der Waals surface area contributed by atoms with Gasteiger partial charge in [0.15, 0.2) is 0 Å². The van der Waals surface area contributed by atoms with Crippen LogP contribution in [0.3, 0.4) is 0 Å². The maximum Gasteiger partial charge on any atom is 0.320 e. The number of amides is 2. The first-order valence-corrected chi connectivity index (χ1v) is 7.85. The highest BCUT2D eigenvalue weighted by Crippen LogP contribution is 2.16. The monoisotopic (exact) mass is 316 g/mol. The number of nitrogens with one attached hydrogen (secondary N) is 2. The number of aromatic nitrogens is 2. The largest absolute Gasteiger partial charge is 0.497 e. The number of carbonyl (C=O) groups excluding carboxylic acids is 1. The lowest BCUT2D eigenvalue weighted by Gasteiger charge is -2.14. The van der Waals surface area contributed by atoms with Crippen molar-refractivity contribution in [3.8, 4) is 5.75 Å². The highest BCUT2D eigenvalue weighted by atomic mass is 16.5. The molecular formula is C17H24N4O2. The SMILES string of the molecule is CC[C@@H](C)n1nccc1NC(=O)NCCc1ccc(OC)cc1. The number of rotatable bonds is 7. The third-order valence-electron chi connectivity index (χ3n) is 3.78. The third kappa shape index (κ3) is 4.74. The van der Waals surface area contributed by atoms with Crippen molar-refractivity contribution < 1.29 is 9.53 Å². The zero-order valence-electron chi connectivity index (χ0n) is 13.9. The van der Waals surface area contributed by atoms with Crippen molar-refractivity contribution in [3.63, 3.8) is 0 Å². The molecule has 1 aromatic heterocycles. The molecule has 0 aliphatic heterocycles. The van der Waals surface area contributed by atoms with Gasteiger partial charge in [-0.3, -0.25) is 5.32 Å². The molecule has 0 unspecified atom stereocenters. The van der Waals surface area contributed by atoms with E-state index >= 15 is 0 Å². The van der Waals surface area contributed by atoms with Gasteiger partial charge in [-0.25, -0.2) is 9.48 Å². The summed E-state index contributed by atoms with van der Waals surface area (Å²) in [5.41, 5.74) is 1.15. The first kappa shape index (κ1) is 16.9. The molecule has 0 bridgehead atoms. The molecule has 1 atom stereocenters. The molecule has 23 heavy (non-hydrogen) atoms. The average Bonchev–Trinajstić information content (AvgIpc) is 3.02. The number of methoxy groups -OCH3 is 1. The number of hydrogen-bond acceptors (Lipinski definition) is 3. The smallest absolute Gasteiger partial charge is 0.320 e. The lowest BCUT2D eigenvalue weighted by Crippen LogP contribution is -2.31. The topological polar surface area (TPSA) is 68.2 Å². The zero-order chi connectivity index (χ0) is 16.7. The number of nitrogens with zero attached hydrogens (tertiary/aromatic N) is 2. The van der Waals surface area contributed by atoms with Crippen LogP contribution in [-0.4, -0.2) is 29.5 Å². The molecule has 2 aromatic rings. The molecule has 0 fully saturated rings. The van der Waals surface area contributed by atoms with Gasteiger partial charge in [-0.1, -0.05) is 19.1 Å². The van der Waals surface area contributed by atoms with Crippen LogP contribution >= 0.6 is 0 Å². The fourth-order valence-electron chi connectivity index (χ4n) is 2.21. The molecule has 1 heterocycles. The van der Waals surface area contributed by atoms with Crippen molar-refractivity contribution >= 4 is 11.8 Å². The van der Waals surface area contributed by atoms with Crippen LogP contribution in [0.15, 0.2) is 36.5 Å². The maximum absolute atomic E-state index is 12.0. The van der Waals surface area contributed by atoms with Crippen molar-refractivity contribution in [1.29, 1.82) is 0 Å². The van der Waals surface area contributed by atoms with Crippen LogP contribution in [0.4, 0.5) is 10.6 Å². The van der Waals surface area contributed by atoms with Gasteiger partial charge in [0.2, 0.25) is 0 Å². The van der Waals surface area contributed by atoms with E-state index in [1.807, 2.05) is 28.9 Å². The van der Waals surface area contributed by atoms with Crippen molar-refractivity contribution in [2.45, 2.75) is 32.7 Å². The van der Waals surface area contributed by atoms with E-state index in [4.69, 9.17) is 4.74 Å². The molecular weight excluding hydrogens is 292 g/mol. The summed E-state index contributed by atoms with van der Waals surface area (Å²) in [7, 11) is 1.64. The molecule has 1 aromatic carbocycles. The highest BCUT2D eigenvalue weighted by molar-refractivity contribution is 5.88. The van der Waals surface area contributed by atoms with Gasteiger partial charge in [0.1, 0.15) is 11.6 Å². The minimum Gasteiger partial charge on any atom is -0.497 e. The summed E-state index contributed by atoms with van der Waals surface area (Å²) in [6.07, 6.45) is 3.41. The summed E-state index contributed by atoms with van der Waals surface area (Å²) in [4.78, 5) is 12.0. The predicted octanol–water partition coefficient (Wildman–Crippen LogP) is 3.23. The molecule has 2 amide bonds. The molecule has 0 radical (unpaired) electrons. The molecule has 6 heteroatoms. The summed E-state index contributed by atoms with van der Waals surface area (Å²) >= 11 is 0. The van der Waals surface area contributed by atoms with Crippen LogP contribution in [0.25, 0.3) is 0 Å². The van der Waals surface area contributed by atoms with E-state index in [0.29, 0.717) is 12.4 Å². The Labute approximate surface area is 136 Å². The van der Waals surface area contributed by atoms with Crippen molar-refractivity contribution in [2.24, 2.45) is 0 Å². The standard InChI is InChI=1S/C17H24N4O2/c1-4-13(2)21-16(10-12-19-21)20-17(22)18-11-9-14-5-7-15(23-3)8-6-14/h5-8,10,12-13H,4,9,11H2,1-3H3,(H2,18,20,22)/t13-/m1/s1. The Morgan fingerprint density at radius 3 is 2.70 bits per heavy atom. The molecule has 2 N–H and O–H groups in total. The maximum atomic E-state index is 12.0. The molecule has 0 saturated carbocycles. The molecule has 0 saturated heterocycles. The fraction of sp³-hybridized carbons (Fsp3) is 0.412. The first-order valence-electron chi connectivity index (χ1n) is 7.85. The second kappa shape index (κ2) is 8.22. The van der Waals surface area contributed by atoms with Gasteiger partial charge in [0, 0.05) is 12.6 Å². The number of anilines is 1. The summed E-state index contributed by atoms with van der Waals surface area (Å²) in [5, 5.41) is 9.95.